The minimum absolute atomic E-state index is 0.00224. The SMILES string of the molecule is Cc1ccc(Cl)cc1NC(=O)C1CCn2cncc2C1. The number of amides is 1. The van der Waals surface area contributed by atoms with E-state index in [-0.39, 0.29) is 11.8 Å². The van der Waals surface area contributed by atoms with Crippen LogP contribution in [0.1, 0.15) is 17.7 Å². The van der Waals surface area contributed by atoms with Crippen LogP contribution < -0.4 is 5.32 Å². The number of carbonyl (C=O) groups excluding carboxylic acids is 1. The van der Waals surface area contributed by atoms with Crippen molar-refractivity contribution in [2.24, 2.45) is 5.92 Å². The van der Waals surface area contributed by atoms with Gasteiger partial charge in [0.05, 0.1) is 6.33 Å². The van der Waals surface area contributed by atoms with Crippen LogP contribution in [0.4, 0.5) is 5.69 Å². The fraction of sp³-hybridized carbons (Fsp3) is 0.333. The number of aryl methyl sites for hydroxylation is 2. The normalized spacial score (nSPS) is 17.6. The first-order valence-electron chi connectivity index (χ1n) is 6.69. The molecule has 1 unspecified atom stereocenters. The van der Waals surface area contributed by atoms with Gasteiger partial charge in [0.25, 0.3) is 0 Å². The molecule has 0 saturated heterocycles. The van der Waals surface area contributed by atoms with E-state index in [9.17, 15) is 4.79 Å². The minimum atomic E-state index is -0.00224. The molecule has 104 valence electrons. The van der Waals surface area contributed by atoms with Crippen molar-refractivity contribution >= 4 is 23.2 Å². The van der Waals surface area contributed by atoms with E-state index in [1.54, 1.807) is 6.07 Å². The van der Waals surface area contributed by atoms with Crippen LogP contribution in [-0.4, -0.2) is 15.5 Å². The first-order chi connectivity index (χ1) is 9.63. The molecule has 1 amide bonds. The molecule has 2 aromatic rings. The van der Waals surface area contributed by atoms with E-state index in [0.29, 0.717) is 5.02 Å². The van der Waals surface area contributed by atoms with Crippen LogP contribution in [0.3, 0.4) is 0 Å². The Morgan fingerprint density at radius 1 is 1.50 bits per heavy atom. The second kappa shape index (κ2) is 5.29. The number of imidazole rings is 1. The number of halogens is 1. The maximum absolute atomic E-state index is 12.4. The third-order valence-corrected chi connectivity index (χ3v) is 4.04. The third kappa shape index (κ3) is 2.56. The number of rotatable bonds is 2. The van der Waals surface area contributed by atoms with E-state index < -0.39 is 0 Å². The second-order valence-corrected chi connectivity index (χ2v) is 5.65. The Labute approximate surface area is 122 Å². The molecule has 1 aromatic carbocycles. The molecule has 20 heavy (non-hydrogen) atoms. The van der Waals surface area contributed by atoms with Gasteiger partial charge in [-0.1, -0.05) is 17.7 Å². The van der Waals surface area contributed by atoms with Gasteiger partial charge < -0.3 is 9.88 Å². The molecular formula is C15H16ClN3O. The van der Waals surface area contributed by atoms with Crippen molar-refractivity contribution in [1.29, 1.82) is 0 Å². The van der Waals surface area contributed by atoms with E-state index in [1.807, 2.05) is 31.6 Å². The fourth-order valence-electron chi connectivity index (χ4n) is 2.56. The fourth-order valence-corrected chi connectivity index (χ4v) is 2.73. The number of nitrogens with zero attached hydrogens (tertiary/aromatic N) is 2. The van der Waals surface area contributed by atoms with E-state index in [0.717, 1.165) is 36.3 Å². The summed E-state index contributed by atoms with van der Waals surface area (Å²) in [6.07, 6.45) is 5.24. The summed E-state index contributed by atoms with van der Waals surface area (Å²) in [6.45, 7) is 2.81. The minimum Gasteiger partial charge on any atom is -0.335 e. The van der Waals surface area contributed by atoms with Crippen LogP contribution in [0.25, 0.3) is 0 Å². The molecule has 1 aromatic heterocycles. The monoisotopic (exact) mass is 289 g/mol. The average molecular weight is 290 g/mol. The molecule has 0 saturated carbocycles. The van der Waals surface area contributed by atoms with Crippen molar-refractivity contribution in [3.63, 3.8) is 0 Å². The lowest BCUT2D eigenvalue weighted by molar-refractivity contribution is -0.120. The van der Waals surface area contributed by atoms with E-state index in [1.165, 1.54) is 0 Å². The maximum Gasteiger partial charge on any atom is 0.227 e. The smallest absolute Gasteiger partial charge is 0.227 e. The molecule has 5 heteroatoms. The molecular weight excluding hydrogens is 274 g/mol. The van der Waals surface area contributed by atoms with E-state index >= 15 is 0 Å². The Morgan fingerprint density at radius 3 is 3.20 bits per heavy atom. The molecule has 0 spiro atoms. The molecule has 0 bridgehead atoms. The van der Waals surface area contributed by atoms with Crippen LogP contribution >= 0.6 is 11.6 Å². The first kappa shape index (κ1) is 13.2. The number of nitrogens with one attached hydrogen (secondary N) is 1. The zero-order valence-corrected chi connectivity index (χ0v) is 12.0. The van der Waals surface area contributed by atoms with Gasteiger partial charge in [0.15, 0.2) is 0 Å². The first-order valence-corrected chi connectivity index (χ1v) is 7.07. The van der Waals surface area contributed by atoms with Gasteiger partial charge in [-0.3, -0.25) is 4.79 Å². The van der Waals surface area contributed by atoms with Crippen molar-refractivity contribution in [2.45, 2.75) is 26.3 Å². The van der Waals surface area contributed by atoms with Crippen LogP contribution in [0.15, 0.2) is 30.7 Å². The van der Waals surface area contributed by atoms with Crippen molar-refractivity contribution in [3.05, 3.63) is 47.0 Å². The van der Waals surface area contributed by atoms with Crippen molar-refractivity contribution in [2.75, 3.05) is 5.32 Å². The number of hydrogen-bond acceptors (Lipinski definition) is 2. The van der Waals surface area contributed by atoms with Gasteiger partial charge in [-0.15, -0.1) is 0 Å². The summed E-state index contributed by atoms with van der Waals surface area (Å²) in [5, 5.41) is 3.62. The Bertz CT molecular complexity index is 650. The molecule has 1 N–H and O–H groups in total. The molecule has 1 aliphatic rings. The molecule has 3 rings (SSSR count). The zero-order chi connectivity index (χ0) is 14.1. The van der Waals surface area contributed by atoms with Crippen LogP contribution in [0.2, 0.25) is 5.02 Å². The summed E-state index contributed by atoms with van der Waals surface area (Å²) in [6, 6.07) is 5.53. The van der Waals surface area contributed by atoms with Gasteiger partial charge in [0, 0.05) is 41.5 Å². The van der Waals surface area contributed by atoms with Crippen molar-refractivity contribution in [1.82, 2.24) is 9.55 Å². The molecule has 0 radical (unpaired) electrons. The van der Waals surface area contributed by atoms with Crippen molar-refractivity contribution in [3.8, 4) is 0 Å². The maximum atomic E-state index is 12.4. The quantitative estimate of drug-likeness (QED) is 0.924. The number of anilines is 1. The highest BCUT2D eigenvalue weighted by atomic mass is 35.5. The third-order valence-electron chi connectivity index (χ3n) is 3.80. The summed E-state index contributed by atoms with van der Waals surface area (Å²) in [7, 11) is 0. The van der Waals surface area contributed by atoms with Gasteiger partial charge in [-0.25, -0.2) is 4.98 Å². The number of aromatic nitrogens is 2. The van der Waals surface area contributed by atoms with Gasteiger partial charge in [-0.05, 0) is 31.0 Å². The van der Waals surface area contributed by atoms with Gasteiger partial charge in [-0.2, -0.15) is 0 Å². The zero-order valence-electron chi connectivity index (χ0n) is 11.3. The summed E-state index contributed by atoms with van der Waals surface area (Å²) in [5.74, 6) is 0.0559. The number of hydrogen-bond donors (Lipinski definition) is 1. The Hall–Kier alpha value is -1.81. The Morgan fingerprint density at radius 2 is 2.35 bits per heavy atom. The average Bonchev–Trinajstić information content (AvgIpc) is 2.90. The summed E-state index contributed by atoms with van der Waals surface area (Å²) in [5.41, 5.74) is 2.93. The van der Waals surface area contributed by atoms with Crippen LogP contribution in [-0.2, 0) is 17.8 Å². The lowest BCUT2D eigenvalue weighted by atomic mass is 9.95. The highest BCUT2D eigenvalue weighted by molar-refractivity contribution is 6.31. The summed E-state index contributed by atoms with van der Waals surface area (Å²) in [4.78, 5) is 16.5. The number of carbonyl (C=O) groups is 1. The number of benzene rings is 1. The largest absolute Gasteiger partial charge is 0.335 e. The second-order valence-electron chi connectivity index (χ2n) is 5.22. The number of fused-ring (bicyclic) bond motifs is 1. The van der Waals surface area contributed by atoms with Gasteiger partial charge in [0.1, 0.15) is 0 Å². The standard InChI is InChI=1S/C15H16ClN3O/c1-10-2-3-12(16)7-14(10)18-15(20)11-4-5-19-9-17-8-13(19)6-11/h2-3,7-9,11H,4-6H2,1H3,(H,18,20). The molecule has 0 fully saturated rings. The van der Waals surface area contributed by atoms with Gasteiger partial charge in [0.2, 0.25) is 5.91 Å². The van der Waals surface area contributed by atoms with Crippen LogP contribution in [0, 0.1) is 12.8 Å². The topological polar surface area (TPSA) is 46.9 Å². The van der Waals surface area contributed by atoms with E-state index in [2.05, 4.69) is 14.9 Å². The Balaban J connectivity index is 1.73. The predicted molar refractivity (Wildman–Crippen MR) is 78.9 cm³/mol. The highest BCUT2D eigenvalue weighted by Gasteiger charge is 2.25. The lowest BCUT2D eigenvalue weighted by Crippen LogP contribution is -2.30. The summed E-state index contributed by atoms with van der Waals surface area (Å²) < 4.78 is 2.11. The van der Waals surface area contributed by atoms with Crippen LogP contribution in [0.5, 0.6) is 0 Å². The highest BCUT2D eigenvalue weighted by Crippen LogP contribution is 2.24. The lowest BCUT2D eigenvalue weighted by Gasteiger charge is -2.23. The Kier molecular flexibility index (Phi) is 3.49. The van der Waals surface area contributed by atoms with Crippen molar-refractivity contribution < 1.29 is 4.79 Å². The van der Waals surface area contributed by atoms with Gasteiger partial charge >= 0.3 is 0 Å². The molecule has 4 nitrogen and oxygen atoms in total. The molecule has 1 atom stereocenters. The van der Waals surface area contributed by atoms with E-state index in [4.69, 9.17) is 11.6 Å². The predicted octanol–water partition coefficient (Wildman–Crippen LogP) is 3.05. The molecule has 2 heterocycles. The molecule has 0 aliphatic carbocycles. The summed E-state index contributed by atoms with van der Waals surface area (Å²) >= 11 is 5.98. The molecule has 1 aliphatic heterocycles.